The van der Waals surface area contributed by atoms with E-state index in [2.05, 4.69) is 156 Å². The molecule has 0 aliphatic heterocycles. The van der Waals surface area contributed by atoms with Gasteiger partial charge in [-0.05, 0) is 96.8 Å². The maximum Gasteiger partial charge on any atom is 0.101 e. The Kier molecular flexibility index (Phi) is 8.46. The normalized spacial score (nSPS) is 10.8. The van der Waals surface area contributed by atoms with E-state index in [4.69, 9.17) is 0 Å². The molecule has 0 unspecified atom stereocenters. The Bertz CT molecular complexity index is 1610. The average molecular weight is 581 g/mol. The van der Waals surface area contributed by atoms with E-state index in [1.807, 2.05) is 34.8 Å². The summed E-state index contributed by atoms with van der Waals surface area (Å²) in [6, 6.07) is 47.7. The molecule has 0 saturated heterocycles. The molecule has 0 amide bonds. The topological polar surface area (TPSA) is 6.48 Å². The van der Waals surface area contributed by atoms with Crippen LogP contribution >= 0.6 is 22.7 Å². The highest BCUT2D eigenvalue weighted by molar-refractivity contribution is 7.26. The minimum Gasteiger partial charge on any atom is -0.302 e. The van der Waals surface area contributed by atoms with Crippen LogP contribution in [-0.4, -0.2) is 0 Å². The summed E-state index contributed by atoms with van der Waals surface area (Å²) in [6.45, 7) is 7.77. The molecule has 6 aromatic rings. The Morgan fingerprint density at radius 2 is 0.786 bits per heavy atom. The van der Waals surface area contributed by atoms with Crippen molar-refractivity contribution in [2.75, 3.05) is 9.80 Å². The van der Waals surface area contributed by atoms with Crippen molar-refractivity contribution < 1.29 is 0 Å². The molecular weight excluding hydrogens is 549 g/mol. The Labute approximate surface area is 256 Å². The van der Waals surface area contributed by atoms with Gasteiger partial charge in [-0.15, -0.1) is 35.8 Å². The van der Waals surface area contributed by atoms with Gasteiger partial charge in [0.15, 0.2) is 0 Å². The van der Waals surface area contributed by atoms with E-state index in [0.717, 1.165) is 35.6 Å². The Morgan fingerprint density at radius 1 is 0.429 bits per heavy atom. The van der Waals surface area contributed by atoms with Crippen LogP contribution in [-0.2, 0) is 12.8 Å². The molecule has 4 heteroatoms. The van der Waals surface area contributed by atoms with Crippen molar-refractivity contribution in [3.8, 4) is 9.75 Å². The maximum atomic E-state index is 3.88. The second-order valence-corrected chi connectivity index (χ2v) is 12.1. The van der Waals surface area contributed by atoms with Crippen LogP contribution in [0.4, 0.5) is 32.8 Å². The molecule has 206 valence electrons. The molecule has 0 bridgehead atoms. The molecule has 6 rings (SSSR count). The summed E-state index contributed by atoms with van der Waals surface area (Å²) in [5, 5.41) is 2.36. The van der Waals surface area contributed by atoms with Crippen molar-refractivity contribution in [1.82, 2.24) is 0 Å². The van der Waals surface area contributed by atoms with E-state index in [1.54, 1.807) is 0 Å². The number of rotatable bonds is 11. The van der Waals surface area contributed by atoms with Gasteiger partial charge in [-0.3, -0.25) is 0 Å². The largest absolute Gasteiger partial charge is 0.302 e. The number of allylic oxidation sites excluding steroid dienone is 2. The first-order valence-electron chi connectivity index (χ1n) is 14.0. The summed E-state index contributed by atoms with van der Waals surface area (Å²) >= 11 is 3.63. The third-order valence-electron chi connectivity index (χ3n) is 7.05. The lowest BCUT2D eigenvalue weighted by Crippen LogP contribution is -2.08. The number of benzene rings is 4. The number of anilines is 6. The summed E-state index contributed by atoms with van der Waals surface area (Å²) < 4.78 is 0. The number of hydrogen-bond acceptors (Lipinski definition) is 4. The van der Waals surface area contributed by atoms with Crippen LogP contribution in [0.1, 0.15) is 11.1 Å². The molecule has 2 nitrogen and oxygen atoms in total. The molecule has 0 aliphatic carbocycles. The summed E-state index contributed by atoms with van der Waals surface area (Å²) in [5.74, 6) is 0. The third-order valence-corrected chi connectivity index (χ3v) is 9.38. The highest BCUT2D eigenvalue weighted by Gasteiger charge is 2.18. The van der Waals surface area contributed by atoms with Crippen LogP contribution < -0.4 is 9.80 Å². The summed E-state index contributed by atoms with van der Waals surface area (Å²) in [7, 11) is 0. The lowest BCUT2D eigenvalue weighted by Gasteiger charge is -2.24. The maximum absolute atomic E-state index is 3.88. The van der Waals surface area contributed by atoms with Gasteiger partial charge in [-0.1, -0.05) is 72.8 Å². The Hall–Kier alpha value is -4.64. The zero-order valence-electron chi connectivity index (χ0n) is 23.4. The van der Waals surface area contributed by atoms with Crippen molar-refractivity contribution in [3.63, 3.8) is 0 Å². The molecule has 2 heterocycles. The fourth-order valence-corrected chi connectivity index (χ4v) is 7.20. The molecule has 0 saturated carbocycles. The Balaban J connectivity index is 1.34. The van der Waals surface area contributed by atoms with Crippen molar-refractivity contribution >= 4 is 55.4 Å². The zero-order valence-corrected chi connectivity index (χ0v) is 25.0. The summed E-state index contributed by atoms with van der Waals surface area (Å²) in [4.78, 5) is 7.17. The van der Waals surface area contributed by atoms with E-state index in [-0.39, 0.29) is 0 Å². The Morgan fingerprint density at radius 3 is 1.14 bits per heavy atom. The first kappa shape index (κ1) is 27.5. The lowest BCUT2D eigenvalue weighted by molar-refractivity contribution is 1.25. The highest BCUT2D eigenvalue weighted by Crippen LogP contribution is 2.46. The van der Waals surface area contributed by atoms with Gasteiger partial charge < -0.3 is 9.80 Å². The molecule has 0 radical (unpaired) electrons. The van der Waals surface area contributed by atoms with Crippen LogP contribution in [0.3, 0.4) is 0 Å². The quantitative estimate of drug-likeness (QED) is 0.141. The number of nitrogens with zero attached hydrogens (tertiary/aromatic N) is 2. The van der Waals surface area contributed by atoms with Gasteiger partial charge in [-0.25, -0.2) is 0 Å². The van der Waals surface area contributed by atoms with E-state index >= 15 is 0 Å². The van der Waals surface area contributed by atoms with Crippen LogP contribution in [0.2, 0.25) is 0 Å². The molecule has 0 fully saturated rings. The molecule has 0 atom stereocenters. The predicted octanol–water partition coefficient (Wildman–Crippen LogP) is 11.9. The van der Waals surface area contributed by atoms with Gasteiger partial charge in [0.1, 0.15) is 10.0 Å². The van der Waals surface area contributed by atoms with Gasteiger partial charge in [0.05, 0.1) is 0 Å². The van der Waals surface area contributed by atoms with E-state index in [0.29, 0.717) is 0 Å². The SMILES string of the molecule is C=CCc1ccc(N(c2ccccc2)c2ccc(-c3ccc(N(c4ccccc4)c4ccc(CC=C)cc4)s3)s2)cc1. The van der Waals surface area contributed by atoms with Crippen LogP contribution in [0.25, 0.3) is 9.75 Å². The van der Waals surface area contributed by atoms with Crippen LogP contribution in [0, 0.1) is 0 Å². The standard InChI is InChI=1S/C38H32N2S2/c1-3-11-29-17-21-33(22-18-29)39(31-13-7-5-8-14-31)37-27-25-35(41-37)36-26-28-38(42-36)40(32-15-9-6-10-16-32)34-23-19-30(12-4-2)20-24-34/h3-10,13-28H,1-2,11-12H2. The molecule has 0 aliphatic rings. The first-order valence-corrected chi connectivity index (χ1v) is 15.7. The number of thiophene rings is 2. The minimum absolute atomic E-state index is 0.869. The van der Waals surface area contributed by atoms with Gasteiger partial charge in [0.2, 0.25) is 0 Å². The summed E-state index contributed by atoms with van der Waals surface area (Å²) in [6.07, 6.45) is 5.63. The fraction of sp³-hybridized carbons (Fsp3) is 0.0526. The van der Waals surface area contributed by atoms with Gasteiger partial charge in [-0.2, -0.15) is 0 Å². The van der Waals surface area contributed by atoms with E-state index < -0.39 is 0 Å². The molecule has 0 spiro atoms. The van der Waals surface area contributed by atoms with Crippen LogP contribution in [0.5, 0.6) is 0 Å². The van der Waals surface area contributed by atoms with Crippen molar-refractivity contribution in [3.05, 3.63) is 170 Å². The van der Waals surface area contributed by atoms with Gasteiger partial charge >= 0.3 is 0 Å². The molecule has 2 aromatic heterocycles. The monoisotopic (exact) mass is 580 g/mol. The van der Waals surface area contributed by atoms with E-state index in [1.165, 1.54) is 30.9 Å². The van der Waals surface area contributed by atoms with Crippen molar-refractivity contribution in [1.29, 1.82) is 0 Å². The van der Waals surface area contributed by atoms with E-state index in [9.17, 15) is 0 Å². The zero-order chi connectivity index (χ0) is 28.7. The van der Waals surface area contributed by atoms with Crippen molar-refractivity contribution in [2.45, 2.75) is 12.8 Å². The van der Waals surface area contributed by atoms with Crippen LogP contribution in [0.15, 0.2) is 159 Å². The molecule has 42 heavy (non-hydrogen) atoms. The molecule has 0 N–H and O–H groups in total. The fourth-order valence-electron chi connectivity index (χ4n) is 5.02. The second-order valence-electron chi connectivity index (χ2n) is 9.94. The van der Waals surface area contributed by atoms with Crippen molar-refractivity contribution in [2.24, 2.45) is 0 Å². The molecular formula is C38H32N2S2. The third kappa shape index (κ3) is 6.01. The first-order chi connectivity index (χ1) is 20.7. The summed E-state index contributed by atoms with van der Waals surface area (Å²) in [5.41, 5.74) is 7.10. The molecule has 4 aromatic carbocycles. The lowest BCUT2D eigenvalue weighted by atomic mass is 10.1. The average Bonchev–Trinajstić information content (AvgIpc) is 3.71. The smallest absolute Gasteiger partial charge is 0.101 e. The number of hydrogen-bond donors (Lipinski definition) is 0. The number of para-hydroxylation sites is 2. The van der Waals surface area contributed by atoms with Gasteiger partial charge in [0, 0.05) is 32.5 Å². The minimum atomic E-state index is 0.869. The highest BCUT2D eigenvalue weighted by atomic mass is 32.1. The second kappa shape index (κ2) is 12.9. The van der Waals surface area contributed by atoms with Gasteiger partial charge in [0.25, 0.3) is 0 Å². The predicted molar refractivity (Wildman–Crippen MR) is 185 cm³/mol.